The Kier molecular flexibility index (Phi) is 5.72. The fourth-order valence-corrected chi connectivity index (χ4v) is 3.12. The zero-order valence-corrected chi connectivity index (χ0v) is 17.0. The molecular weight excluding hydrogens is 398 g/mol. The average Bonchev–Trinajstić information content (AvgIpc) is 3.28. The van der Waals surface area contributed by atoms with E-state index in [1.165, 1.54) is 0 Å². The summed E-state index contributed by atoms with van der Waals surface area (Å²) in [6.45, 7) is 0. The summed E-state index contributed by atoms with van der Waals surface area (Å²) in [5.41, 5.74) is 4.13. The lowest BCUT2D eigenvalue weighted by atomic mass is 10.1. The molecule has 1 heterocycles. The van der Waals surface area contributed by atoms with Crippen LogP contribution in [0.2, 0.25) is 5.02 Å². The number of halogens is 1. The number of hydrogen-bond donors (Lipinski definition) is 0. The van der Waals surface area contributed by atoms with Crippen LogP contribution in [0.5, 0.6) is 5.75 Å². The lowest BCUT2D eigenvalue weighted by Gasteiger charge is -2.08. The van der Waals surface area contributed by atoms with Gasteiger partial charge in [0.1, 0.15) is 5.75 Å². The summed E-state index contributed by atoms with van der Waals surface area (Å²) >= 11 is 5.88. The maximum absolute atomic E-state index is 12.5. The lowest BCUT2D eigenvalue weighted by Crippen LogP contribution is -2.01. The third-order valence-corrected chi connectivity index (χ3v) is 4.88. The summed E-state index contributed by atoms with van der Waals surface area (Å²) in [6.07, 6.45) is 5.03. The molecule has 5 nitrogen and oxygen atoms in total. The molecule has 0 spiro atoms. The fourth-order valence-electron chi connectivity index (χ4n) is 2.99. The molecule has 0 aliphatic heterocycles. The molecule has 3 aromatic carbocycles. The van der Waals surface area contributed by atoms with E-state index in [1.54, 1.807) is 54.4 Å². The van der Waals surface area contributed by atoms with Gasteiger partial charge in [-0.1, -0.05) is 35.0 Å². The molecule has 4 aromatic rings. The third kappa shape index (κ3) is 4.31. The van der Waals surface area contributed by atoms with Crippen molar-refractivity contribution in [1.29, 1.82) is 0 Å². The first kappa shape index (κ1) is 19.6. The molecule has 4 rings (SSSR count). The van der Waals surface area contributed by atoms with Crippen LogP contribution in [0.15, 0.2) is 85.1 Å². The molecule has 0 N–H and O–H groups in total. The molecule has 30 heavy (non-hydrogen) atoms. The van der Waals surface area contributed by atoms with Crippen LogP contribution in [0.4, 0.5) is 0 Å². The molecule has 0 fully saturated rings. The second-order valence-corrected chi connectivity index (χ2v) is 6.99. The molecule has 0 amide bonds. The summed E-state index contributed by atoms with van der Waals surface area (Å²) in [5.74, 6) is 0.706. The van der Waals surface area contributed by atoms with Crippen molar-refractivity contribution < 1.29 is 9.53 Å². The first-order valence-corrected chi connectivity index (χ1v) is 9.65. The standard InChI is InChI=1S/C24H18ClN3O2/c1-30-22-13-7-18(8-14-22)23-16-26-27-28(23)21-11-5-19(6-12-21)24(29)15-4-17-2-9-20(25)10-3-17/h2-16H,1H3/b15-4+. The highest BCUT2D eigenvalue weighted by Crippen LogP contribution is 2.24. The van der Waals surface area contributed by atoms with E-state index in [0.717, 1.165) is 28.3 Å². The molecule has 0 aliphatic carbocycles. The van der Waals surface area contributed by atoms with Crippen molar-refractivity contribution in [2.45, 2.75) is 0 Å². The Morgan fingerprint density at radius 1 is 0.967 bits per heavy atom. The van der Waals surface area contributed by atoms with Crippen LogP contribution in [0.3, 0.4) is 0 Å². The van der Waals surface area contributed by atoms with E-state index in [0.29, 0.717) is 10.6 Å². The molecule has 0 bridgehead atoms. The Bertz CT molecular complexity index is 1180. The van der Waals surface area contributed by atoms with E-state index in [1.807, 2.05) is 48.5 Å². The van der Waals surface area contributed by atoms with Gasteiger partial charge in [0.25, 0.3) is 0 Å². The number of benzene rings is 3. The Hall–Kier alpha value is -3.70. The number of ether oxygens (including phenoxy) is 1. The summed E-state index contributed by atoms with van der Waals surface area (Å²) in [5, 5.41) is 8.89. The number of carbonyl (C=O) groups is 1. The van der Waals surface area contributed by atoms with Crippen molar-refractivity contribution in [3.8, 4) is 22.7 Å². The van der Waals surface area contributed by atoms with E-state index < -0.39 is 0 Å². The average molecular weight is 416 g/mol. The summed E-state index contributed by atoms with van der Waals surface area (Å²) in [7, 11) is 1.63. The van der Waals surface area contributed by atoms with Crippen molar-refractivity contribution in [3.05, 3.63) is 101 Å². The van der Waals surface area contributed by atoms with Gasteiger partial charge in [-0.05, 0) is 72.3 Å². The van der Waals surface area contributed by atoms with Crippen LogP contribution >= 0.6 is 11.6 Å². The first-order valence-electron chi connectivity index (χ1n) is 9.27. The van der Waals surface area contributed by atoms with Gasteiger partial charge in [0.2, 0.25) is 0 Å². The van der Waals surface area contributed by atoms with E-state index in [4.69, 9.17) is 16.3 Å². The molecule has 148 valence electrons. The minimum absolute atomic E-state index is 0.0783. The fraction of sp³-hybridized carbons (Fsp3) is 0.0417. The van der Waals surface area contributed by atoms with Crippen LogP contribution in [-0.4, -0.2) is 27.9 Å². The Morgan fingerprint density at radius 2 is 1.67 bits per heavy atom. The molecule has 6 heteroatoms. The zero-order valence-electron chi connectivity index (χ0n) is 16.2. The van der Waals surface area contributed by atoms with Gasteiger partial charge in [-0.25, -0.2) is 4.68 Å². The smallest absolute Gasteiger partial charge is 0.185 e. The SMILES string of the molecule is COc1ccc(-c2cnnn2-c2ccc(C(=O)/C=C/c3ccc(Cl)cc3)cc2)cc1. The Balaban J connectivity index is 1.53. The predicted octanol–water partition coefficient (Wildman–Crippen LogP) is 5.49. The largest absolute Gasteiger partial charge is 0.497 e. The van der Waals surface area contributed by atoms with Gasteiger partial charge in [0, 0.05) is 16.1 Å². The van der Waals surface area contributed by atoms with E-state index in [9.17, 15) is 4.79 Å². The van der Waals surface area contributed by atoms with Crippen molar-refractivity contribution >= 4 is 23.5 Å². The maximum Gasteiger partial charge on any atom is 0.185 e. The molecule has 0 aliphatic rings. The van der Waals surface area contributed by atoms with Crippen LogP contribution in [0.25, 0.3) is 23.0 Å². The number of nitrogens with zero attached hydrogens (tertiary/aromatic N) is 3. The van der Waals surface area contributed by atoms with Gasteiger partial charge in [-0.2, -0.15) is 0 Å². The lowest BCUT2D eigenvalue weighted by molar-refractivity contribution is 0.104. The van der Waals surface area contributed by atoms with E-state index >= 15 is 0 Å². The van der Waals surface area contributed by atoms with Crippen molar-refractivity contribution in [2.75, 3.05) is 7.11 Å². The minimum Gasteiger partial charge on any atom is -0.497 e. The number of hydrogen-bond acceptors (Lipinski definition) is 4. The summed E-state index contributed by atoms with van der Waals surface area (Å²) < 4.78 is 6.94. The molecular formula is C24H18ClN3O2. The van der Waals surface area contributed by atoms with E-state index in [2.05, 4.69) is 10.3 Å². The molecule has 0 unspecified atom stereocenters. The molecule has 0 radical (unpaired) electrons. The second-order valence-electron chi connectivity index (χ2n) is 6.56. The van der Waals surface area contributed by atoms with Crippen LogP contribution < -0.4 is 4.74 Å². The highest BCUT2D eigenvalue weighted by atomic mass is 35.5. The van der Waals surface area contributed by atoms with Gasteiger partial charge in [0.15, 0.2) is 5.78 Å². The molecule has 0 saturated heterocycles. The third-order valence-electron chi connectivity index (χ3n) is 4.63. The number of ketones is 1. The van der Waals surface area contributed by atoms with Gasteiger partial charge < -0.3 is 4.74 Å². The van der Waals surface area contributed by atoms with Crippen LogP contribution in [-0.2, 0) is 0 Å². The Morgan fingerprint density at radius 3 is 2.33 bits per heavy atom. The second kappa shape index (κ2) is 8.76. The van der Waals surface area contributed by atoms with Gasteiger partial charge in [-0.15, -0.1) is 5.10 Å². The van der Waals surface area contributed by atoms with Gasteiger partial charge in [0.05, 0.1) is 24.7 Å². The summed E-state index contributed by atoms with van der Waals surface area (Å²) in [6, 6.07) is 22.3. The highest BCUT2D eigenvalue weighted by molar-refractivity contribution is 6.30. The zero-order chi connectivity index (χ0) is 20.9. The van der Waals surface area contributed by atoms with Crippen molar-refractivity contribution in [2.24, 2.45) is 0 Å². The molecule has 0 atom stereocenters. The number of aromatic nitrogens is 3. The van der Waals surface area contributed by atoms with Crippen molar-refractivity contribution in [1.82, 2.24) is 15.0 Å². The minimum atomic E-state index is -0.0783. The monoisotopic (exact) mass is 415 g/mol. The van der Waals surface area contributed by atoms with Crippen LogP contribution in [0, 0.1) is 0 Å². The highest BCUT2D eigenvalue weighted by Gasteiger charge is 2.10. The Labute approximate surface area is 179 Å². The van der Waals surface area contributed by atoms with Gasteiger partial charge >= 0.3 is 0 Å². The number of allylic oxidation sites excluding steroid dienone is 1. The summed E-state index contributed by atoms with van der Waals surface area (Å²) in [4.78, 5) is 12.5. The van der Waals surface area contributed by atoms with Crippen LogP contribution in [0.1, 0.15) is 15.9 Å². The predicted molar refractivity (Wildman–Crippen MR) is 118 cm³/mol. The van der Waals surface area contributed by atoms with Crippen molar-refractivity contribution in [3.63, 3.8) is 0 Å². The molecule has 0 saturated carbocycles. The van der Waals surface area contributed by atoms with Gasteiger partial charge in [-0.3, -0.25) is 4.79 Å². The number of carbonyl (C=O) groups excluding carboxylic acids is 1. The quantitative estimate of drug-likeness (QED) is 0.308. The van der Waals surface area contributed by atoms with E-state index in [-0.39, 0.29) is 5.78 Å². The molecule has 1 aromatic heterocycles. The topological polar surface area (TPSA) is 57.0 Å². The first-order chi connectivity index (χ1) is 14.6. The number of rotatable bonds is 6. The normalized spacial score (nSPS) is 11.0. The number of methoxy groups -OCH3 is 1. The maximum atomic E-state index is 12.5.